The van der Waals surface area contributed by atoms with Gasteiger partial charge in [-0.15, -0.1) is 0 Å². The van der Waals surface area contributed by atoms with Crippen LogP contribution in [0.15, 0.2) is 18.2 Å². The normalized spacial score (nSPS) is 10.1. The van der Waals surface area contributed by atoms with E-state index in [2.05, 4.69) is 22.1 Å². The van der Waals surface area contributed by atoms with Crippen LogP contribution in [0.3, 0.4) is 0 Å². The van der Waals surface area contributed by atoms with E-state index in [9.17, 15) is 4.79 Å². The molecule has 0 aliphatic carbocycles. The van der Waals surface area contributed by atoms with Crippen molar-refractivity contribution in [2.45, 2.75) is 13.3 Å². The Kier molecular flexibility index (Phi) is 6.78. The minimum absolute atomic E-state index is 0.0525. The first-order valence-electron chi connectivity index (χ1n) is 6.76. The number of nitrogens with two attached hydrogens (primary N) is 1. The van der Waals surface area contributed by atoms with Crippen LogP contribution >= 0.6 is 0 Å². The van der Waals surface area contributed by atoms with E-state index in [1.807, 2.05) is 33.2 Å². The molecule has 0 spiro atoms. The molecule has 20 heavy (non-hydrogen) atoms. The molecule has 4 nitrogen and oxygen atoms in total. The smallest absolute Gasteiger partial charge is 0.251 e. The van der Waals surface area contributed by atoms with Gasteiger partial charge in [-0.1, -0.05) is 11.8 Å². The summed E-state index contributed by atoms with van der Waals surface area (Å²) in [4.78, 5) is 14.2. The molecule has 0 fully saturated rings. The van der Waals surface area contributed by atoms with Gasteiger partial charge in [0.25, 0.3) is 5.91 Å². The summed E-state index contributed by atoms with van der Waals surface area (Å²) in [6, 6.07) is 5.62. The minimum Gasteiger partial charge on any atom is -0.352 e. The van der Waals surface area contributed by atoms with Crippen LogP contribution in [0.4, 0.5) is 0 Å². The van der Waals surface area contributed by atoms with Crippen LogP contribution in [-0.4, -0.2) is 44.5 Å². The number of aryl methyl sites for hydroxylation is 1. The molecular formula is C16H23N3O. The van der Waals surface area contributed by atoms with Crippen molar-refractivity contribution in [3.63, 3.8) is 0 Å². The standard InChI is InChI=1S/C16H23N3O/c1-13-10-14(6-4-7-17)12-15(11-13)16(20)18-8-5-9-19(2)3/h10-12H,5,7-9,17H2,1-3H3,(H,18,20). The lowest BCUT2D eigenvalue weighted by molar-refractivity contribution is 0.0952. The molecule has 1 aromatic carbocycles. The maximum absolute atomic E-state index is 12.1. The quantitative estimate of drug-likeness (QED) is 0.621. The van der Waals surface area contributed by atoms with Gasteiger partial charge < -0.3 is 16.0 Å². The van der Waals surface area contributed by atoms with Crippen LogP contribution < -0.4 is 11.1 Å². The maximum atomic E-state index is 12.1. The summed E-state index contributed by atoms with van der Waals surface area (Å²) >= 11 is 0. The number of hydrogen-bond acceptors (Lipinski definition) is 3. The van der Waals surface area contributed by atoms with Crippen LogP contribution in [0.2, 0.25) is 0 Å². The molecule has 0 saturated heterocycles. The number of amides is 1. The highest BCUT2D eigenvalue weighted by Crippen LogP contribution is 2.09. The molecule has 108 valence electrons. The molecule has 0 radical (unpaired) electrons. The van der Waals surface area contributed by atoms with E-state index in [4.69, 9.17) is 5.73 Å². The summed E-state index contributed by atoms with van der Waals surface area (Å²) < 4.78 is 0. The number of hydrogen-bond donors (Lipinski definition) is 2. The van der Waals surface area contributed by atoms with Gasteiger partial charge in [-0.05, 0) is 57.7 Å². The topological polar surface area (TPSA) is 58.4 Å². The Labute approximate surface area is 121 Å². The highest BCUT2D eigenvalue weighted by molar-refractivity contribution is 5.94. The fourth-order valence-corrected chi connectivity index (χ4v) is 1.84. The largest absolute Gasteiger partial charge is 0.352 e. The summed E-state index contributed by atoms with van der Waals surface area (Å²) in [5.41, 5.74) is 7.86. The monoisotopic (exact) mass is 273 g/mol. The van der Waals surface area contributed by atoms with E-state index < -0.39 is 0 Å². The maximum Gasteiger partial charge on any atom is 0.251 e. The second-order valence-electron chi connectivity index (χ2n) is 5.01. The second kappa shape index (κ2) is 8.36. The third-order valence-electron chi connectivity index (χ3n) is 2.74. The molecule has 0 aliphatic rings. The van der Waals surface area contributed by atoms with Gasteiger partial charge in [-0.2, -0.15) is 0 Å². The van der Waals surface area contributed by atoms with Gasteiger partial charge >= 0.3 is 0 Å². The Hall–Kier alpha value is -1.83. The van der Waals surface area contributed by atoms with E-state index >= 15 is 0 Å². The molecule has 0 heterocycles. The van der Waals surface area contributed by atoms with Gasteiger partial charge in [-0.3, -0.25) is 4.79 Å². The Bertz CT molecular complexity index is 512. The lowest BCUT2D eigenvalue weighted by atomic mass is 10.1. The predicted octanol–water partition coefficient (Wildman–Crippen LogP) is 0.987. The molecule has 3 N–H and O–H groups in total. The average Bonchev–Trinajstić information content (AvgIpc) is 2.40. The van der Waals surface area contributed by atoms with Crippen LogP contribution in [0.25, 0.3) is 0 Å². The lowest BCUT2D eigenvalue weighted by Crippen LogP contribution is -2.27. The van der Waals surface area contributed by atoms with Crippen molar-refractivity contribution in [3.8, 4) is 11.8 Å². The van der Waals surface area contributed by atoms with Crippen molar-refractivity contribution in [2.24, 2.45) is 5.73 Å². The second-order valence-corrected chi connectivity index (χ2v) is 5.01. The number of carbonyl (C=O) groups excluding carboxylic acids is 1. The van der Waals surface area contributed by atoms with E-state index in [-0.39, 0.29) is 5.91 Å². The number of nitrogens with one attached hydrogen (secondary N) is 1. The van der Waals surface area contributed by atoms with Crippen molar-refractivity contribution < 1.29 is 4.79 Å². The van der Waals surface area contributed by atoms with Crippen LogP contribution in [0.5, 0.6) is 0 Å². The first-order chi connectivity index (χ1) is 9.52. The number of rotatable bonds is 5. The van der Waals surface area contributed by atoms with Gasteiger partial charge in [-0.25, -0.2) is 0 Å². The fraction of sp³-hybridized carbons (Fsp3) is 0.438. The first-order valence-corrected chi connectivity index (χ1v) is 6.76. The van der Waals surface area contributed by atoms with E-state index in [0.29, 0.717) is 18.7 Å². The van der Waals surface area contributed by atoms with Crippen LogP contribution in [0.1, 0.15) is 27.9 Å². The third-order valence-corrected chi connectivity index (χ3v) is 2.74. The van der Waals surface area contributed by atoms with Crippen molar-refractivity contribution in [2.75, 3.05) is 33.7 Å². The summed E-state index contributed by atoms with van der Waals surface area (Å²) in [5, 5.41) is 2.93. The Morgan fingerprint density at radius 3 is 2.75 bits per heavy atom. The van der Waals surface area contributed by atoms with Crippen molar-refractivity contribution >= 4 is 5.91 Å². The molecule has 4 heteroatoms. The predicted molar refractivity (Wildman–Crippen MR) is 82.6 cm³/mol. The zero-order valence-electron chi connectivity index (χ0n) is 12.5. The molecule has 0 unspecified atom stereocenters. The van der Waals surface area contributed by atoms with Gasteiger partial charge in [0.2, 0.25) is 0 Å². The van der Waals surface area contributed by atoms with Gasteiger partial charge in [0.05, 0.1) is 6.54 Å². The minimum atomic E-state index is -0.0525. The fourth-order valence-electron chi connectivity index (χ4n) is 1.84. The van der Waals surface area contributed by atoms with Crippen LogP contribution in [0, 0.1) is 18.8 Å². The SMILES string of the molecule is Cc1cc(C#CCN)cc(C(=O)NCCCN(C)C)c1. The molecule has 0 aromatic heterocycles. The Balaban J connectivity index is 2.65. The van der Waals surface area contributed by atoms with E-state index in [1.54, 1.807) is 6.07 Å². The Morgan fingerprint density at radius 2 is 2.10 bits per heavy atom. The zero-order valence-corrected chi connectivity index (χ0v) is 12.5. The third kappa shape index (κ3) is 5.87. The molecular weight excluding hydrogens is 250 g/mol. The highest BCUT2D eigenvalue weighted by atomic mass is 16.1. The molecule has 0 bridgehead atoms. The van der Waals surface area contributed by atoms with E-state index in [1.165, 1.54) is 0 Å². The molecule has 0 atom stereocenters. The average molecular weight is 273 g/mol. The molecule has 1 aromatic rings. The first kappa shape index (κ1) is 16.2. The molecule has 1 rings (SSSR count). The van der Waals surface area contributed by atoms with E-state index in [0.717, 1.165) is 24.1 Å². The van der Waals surface area contributed by atoms with Gasteiger partial charge in [0.1, 0.15) is 0 Å². The summed E-state index contributed by atoms with van der Waals surface area (Å²) in [7, 11) is 4.04. The number of benzene rings is 1. The lowest BCUT2D eigenvalue weighted by Gasteiger charge is -2.10. The molecule has 0 aliphatic heterocycles. The highest BCUT2D eigenvalue weighted by Gasteiger charge is 2.06. The van der Waals surface area contributed by atoms with Crippen molar-refractivity contribution in [1.82, 2.24) is 10.2 Å². The molecule has 1 amide bonds. The summed E-state index contributed by atoms with van der Waals surface area (Å²) in [5.74, 6) is 5.71. The zero-order chi connectivity index (χ0) is 15.0. The summed E-state index contributed by atoms with van der Waals surface area (Å²) in [6.07, 6.45) is 0.935. The number of nitrogens with zero attached hydrogens (tertiary/aromatic N) is 1. The van der Waals surface area contributed by atoms with Gasteiger partial charge in [0, 0.05) is 17.7 Å². The van der Waals surface area contributed by atoms with Crippen molar-refractivity contribution in [3.05, 3.63) is 34.9 Å². The number of carbonyl (C=O) groups is 1. The van der Waals surface area contributed by atoms with Gasteiger partial charge in [0.15, 0.2) is 0 Å². The van der Waals surface area contributed by atoms with Crippen molar-refractivity contribution in [1.29, 1.82) is 0 Å². The summed E-state index contributed by atoms with van der Waals surface area (Å²) in [6.45, 7) is 3.91. The molecule has 0 saturated carbocycles. The Morgan fingerprint density at radius 1 is 1.35 bits per heavy atom. The van der Waals surface area contributed by atoms with Crippen LogP contribution in [-0.2, 0) is 0 Å².